The topological polar surface area (TPSA) is 20.2 Å². The highest BCUT2D eigenvalue weighted by Gasteiger charge is 2.11. The van der Waals surface area contributed by atoms with Gasteiger partial charge in [0.1, 0.15) is 0 Å². The Morgan fingerprint density at radius 1 is 1.54 bits per heavy atom. The first-order valence-corrected chi connectivity index (χ1v) is 4.84. The number of aliphatic hydroxyl groups is 1. The van der Waals surface area contributed by atoms with Crippen LogP contribution in [0.1, 0.15) is 25.0 Å². The minimum absolute atomic E-state index is 0.412. The summed E-state index contributed by atoms with van der Waals surface area (Å²) in [5.41, 5.74) is 1.86. The number of rotatable bonds is 3. The van der Waals surface area contributed by atoms with Gasteiger partial charge in [-0.3, -0.25) is 0 Å². The molecule has 13 heavy (non-hydrogen) atoms. The van der Waals surface area contributed by atoms with E-state index in [1.54, 1.807) is 0 Å². The molecule has 0 amide bonds. The van der Waals surface area contributed by atoms with Gasteiger partial charge >= 0.3 is 0 Å². The summed E-state index contributed by atoms with van der Waals surface area (Å²) in [6.45, 7) is 3.87. The van der Waals surface area contributed by atoms with Gasteiger partial charge in [-0.25, -0.2) is 0 Å². The molecule has 1 aromatic carbocycles. The van der Waals surface area contributed by atoms with E-state index < -0.39 is 6.10 Å². The molecule has 1 aromatic rings. The maximum absolute atomic E-state index is 9.69. The molecule has 1 N–H and O–H groups in total. The Morgan fingerprint density at radius 2 is 2.23 bits per heavy atom. The summed E-state index contributed by atoms with van der Waals surface area (Å²) >= 11 is 5.99. The number of aliphatic hydroxyl groups excluding tert-OH is 1. The van der Waals surface area contributed by atoms with Gasteiger partial charge in [-0.1, -0.05) is 42.9 Å². The van der Waals surface area contributed by atoms with Crippen molar-refractivity contribution in [1.82, 2.24) is 0 Å². The van der Waals surface area contributed by atoms with Crippen LogP contribution in [0.2, 0.25) is 11.8 Å². The van der Waals surface area contributed by atoms with Crippen LogP contribution in [-0.4, -0.2) is 12.4 Å². The van der Waals surface area contributed by atoms with Crippen LogP contribution in [0.3, 0.4) is 0 Å². The Morgan fingerprint density at radius 3 is 2.77 bits per heavy atom. The molecule has 0 unspecified atom stereocenters. The van der Waals surface area contributed by atoms with Crippen molar-refractivity contribution in [2.45, 2.75) is 26.3 Å². The van der Waals surface area contributed by atoms with E-state index in [0.717, 1.165) is 11.0 Å². The average molecular weight is 195 g/mol. The van der Waals surface area contributed by atoms with Gasteiger partial charge in [0.05, 0.1) is 6.10 Å². The van der Waals surface area contributed by atoms with Gasteiger partial charge in [0, 0.05) is 5.02 Å². The Labute approximate surface area is 85.0 Å². The predicted molar refractivity (Wildman–Crippen MR) is 58.0 cm³/mol. The molecule has 69 valence electrons. The molecule has 0 aliphatic heterocycles. The molecule has 3 heteroatoms. The van der Waals surface area contributed by atoms with Crippen LogP contribution in [0.15, 0.2) is 18.2 Å². The normalized spacial score (nSPS) is 12.6. The van der Waals surface area contributed by atoms with Crippen molar-refractivity contribution in [2.24, 2.45) is 0 Å². The summed E-state index contributed by atoms with van der Waals surface area (Å²) in [6, 6.07) is 5.61. The molecule has 0 bridgehead atoms. The zero-order valence-corrected chi connectivity index (χ0v) is 8.67. The maximum atomic E-state index is 9.69. The smallest absolute Gasteiger partial charge is 0.150 e. The van der Waals surface area contributed by atoms with E-state index in [1.165, 1.54) is 0 Å². The first kappa shape index (κ1) is 10.6. The van der Waals surface area contributed by atoms with E-state index in [2.05, 4.69) is 0 Å². The van der Waals surface area contributed by atoms with Crippen molar-refractivity contribution in [3.63, 3.8) is 0 Å². The molecule has 1 rings (SSSR count). The molecule has 0 spiro atoms. The molecular weight excluding hydrogens is 182 g/mol. The monoisotopic (exact) mass is 195 g/mol. The van der Waals surface area contributed by atoms with Gasteiger partial charge in [-0.15, -0.1) is 0 Å². The molecular formula is C10H13BClO. The Balaban J connectivity index is 3.12. The third kappa shape index (κ3) is 2.26. The minimum atomic E-state index is -0.412. The molecule has 0 aromatic heterocycles. The van der Waals surface area contributed by atoms with Crippen LogP contribution in [-0.2, 0) is 0 Å². The lowest BCUT2D eigenvalue weighted by molar-refractivity contribution is 0.174. The molecule has 1 atom stereocenters. The van der Waals surface area contributed by atoms with Gasteiger partial charge in [0.15, 0.2) is 7.28 Å². The van der Waals surface area contributed by atoms with Crippen LogP contribution < -0.4 is 5.46 Å². The Hall–Kier alpha value is -0.465. The van der Waals surface area contributed by atoms with Crippen LogP contribution in [0.4, 0.5) is 0 Å². The predicted octanol–water partition coefficient (Wildman–Crippen LogP) is 2.16. The van der Waals surface area contributed by atoms with Gasteiger partial charge in [0.2, 0.25) is 0 Å². The largest absolute Gasteiger partial charge is 0.388 e. The molecule has 0 saturated heterocycles. The average Bonchev–Trinajstić information content (AvgIpc) is 2.16. The fourth-order valence-electron chi connectivity index (χ4n) is 1.37. The highest BCUT2D eigenvalue weighted by atomic mass is 35.5. The van der Waals surface area contributed by atoms with Crippen LogP contribution in [0.5, 0.6) is 0 Å². The highest BCUT2D eigenvalue weighted by Crippen LogP contribution is 2.17. The van der Waals surface area contributed by atoms with Crippen molar-refractivity contribution in [2.75, 3.05) is 0 Å². The van der Waals surface area contributed by atoms with Gasteiger partial charge in [-0.05, 0) is 18.1 Å². The minimum Gasteiger partial charge on any atom is -0.388 e. The number of hydrogen-bond acceptors (Lipinski definition) is 1. The third-order valence-corrected chi connectivity index (χ3v) is 2.45. The fourth-order valence-corrected chi connectivity index (χ4v) is 1.66. The summed E-state index contributed by atoms with van der Waals surface area (Å²) in [7, 11) is 1.93. The highest BCUT2D eigenvalue weighted by molar-refractivity contribution is 6.57. The van der Waals surface area contributed by atoms with Crippen molar-refractivity contribution in [3.8, 4) is 0 Å². The summed E-state index contributed by atoms with van der Waals surface area (Å²) in [6.07, 6.45) is 0.297. The molecule has 0 heterocycles. The van der Waals surface area contributed by atoms with E-state index >= 15 is 0 Å². The van der Waals surface area contributed by atoms with Gasteiger partial charge in [-0.2, -0.15) is 0 Å². The summed E-state index contributed by atoms with van der Waals surface area (Å²) in [5.74, 6) is 0. The number of halogens is 1. The summed E-state index contributed by atoms with van der Waals surface area (Å²) in [4.78, 5) is 0. The van der Waals surface area contributed by atoms with Crippen molar-refractivity contribution in [1.29, 1.82) is 0 Å². The Kier molecular flexibility index (Phi) is 3.82. The fraction of sp³-hybridized carbons (Fsp3) is 0.400. The molecule has 1 nitrogen and oxygen atoms in total. The van der Waals surface area contributed by atoms with Crippen molar-refractivity contribution >= 4 is 24.3 Å². The quantitative estimate of drug-likeness (QED) is 0.733. The molecule has 0 saturated carbocycles. The Bertz CT molecular complexity index is 288. The first-order chi connectivity index (χ1) is 6.20. The lowest BCUT2D eigenvalue weighted by atomic mass is 9.70. The standard InChI is InChI=1S/C10H13BClO/c1-3-9(13)7-5-4-6-8(12)10(7)11-2/h4-6,9,13H,3H2,1-2H3/t9-/m1/s1. The van der Waals surface area contributed by atoms with Gasteiger partial charge < -0.3 is 5.11 Å². The van der Waals surface area contributed by atoms with E-state index in [0.29, 0.717) is 11.4 Å². The van der Waals surface area contributed by atoms with E-state index in [-0.39, 0.29) is 0 Å². The van der Waals surface area contributed by atoms with Crippen LogP contribution >= 0.6 is 11.6 Å². The van der Waals surface area contributed by atoms with Gasteiger partial charge in [0.25, 0.3) is 0 Å². The van der Waals surface area contributed by atoms with Crippen molar-refractivity contribution in [3.05, 3.63) is 28.8 Å². The second kappa shape index (κ2) is 4.68. The van der Waals surface area contributed by atoms with Crippen LogP contribution in [0, 0.1) is 0 Å². The summed E-state index contributed by atoms with van der Waals surface area (Å²) in [5, 5.41) is 10.4. The molecule has 1 radical (unpaired) electrons. The van der Waals surface area contributed by atoms with Crippen molar-refractivity contribution < 1.29 is 5.11 Å². The maximum Gasteiger partial charge on any atom is 0.150 e. The SMILES string of the molecule is C[B]c1c(Cl)cccc1[C@H](O)CC. The molecule has 0 aliphatic rings. The first-order valence-electron chi connectivity index (χ1n) is 4.46. The van der Waals surface area contributed by atoms with Crippen LogP contribution in [0.25, 0.3) is 0 Å². The molecule has 0 aliphatic carbocycles. The lowest BCUT2D eigenvalue weighted by Gasteiger charge is -2.13. The second-order valence-electron chi connectivity index (χ2n) is 2.96. The van der Waals surface area contributed by atoms with E-state index in [9.17, 15) is 5.11 Å². The second-order valence-corrected chi connectivity index (χ2v) is 3.36. The van der Waals surface area contributed by atoms with E-state index in [1.807, 2.05) is 39.2 Å². The zero-order chi connectivity index (χ0) is 9.84. The van der Waals surface area contributed by atoms with E-state index in [4.69, 9.17) is 11.6 Å². The number of hydrogen-bond donors (Lipinski definition) is 1. The number of benzene rings is 1. The lowest BCUT2D eigenvalue weighted by Crippen LogP contribution is -2.20. The third-order valence-electron chi connectivity index (χ3n) is 2.12. The summed E-state index contributed by atoms with van der Waals surface area (Å²) < 4.78 is 0. The zero-order valence-electron chi connectivity index (χ0n) is 7.92. The molecule has 0 fully saturated rings.